The average Bonchev–Trinajstić information content (AvgIpc) is 2.82. The van der Waals surface area contributed by atoms with E-state index in [0.717, 1.165) is 6.92 Å². The summed E-state index contributed by atoms with van der Waals surface area (Å²) in [6, 6.07) is 6.83. The Morgan fingerprint density at radius 3 is 2.20 bits per heavy atom. The number of alkyl halides is 3. The molecule has 0 N–H and O–H groups in total. The highest BCUT2D eigenvalue weighted by molar-refractivity contribution is 14.2. The van der Waals surface area contributed by atoms with Crippen molar-refractivity contribution in [3.63, 3.8) is 0 Å². The van der Waals surface area contributed by atoms with Gasteiger partial charge in [-0.2, -0.15) is 13.2 Å². The van der Waals surface area contributed by atoms with E-state index < -0.39 is 35.9 Å². The molecule has 4 atom stereocenters. The van der Waals surface area contributed by atoms with Gasteiger partial charge in [0, 0.05) is 58.7 Å². The Balaban J connectivity index is 0.00000298. The van der Waals surface area contributed by atoms with Crippen molar-refractivity contribution in [2.45, 2.75) is 77.9 Å². The van der Waals surface area contributed by atoms with Crippen molar-refractivity contribution in [2.75, 3.05) is 20.2 Å². The summed E-state index contributed by atoms with van der Waals surface area (Å²) in [4.78, 5) is 28.8. The highest BCUT2D eigenvalue weighted by Gasteiger charge is 2.55. The van der Waals surface area contributed by atoms with E-state index in [9.17, 15) is 22.8 Å². The standard InChI is InChI=1S/C22H30F3IN2O4S.C2H6/c1-14(2)19(29)28-15(3)12-27(13-18(28)20(30)31-5)17(16-9-7-6-8-10-16)11-21(4,32-33-26)22(23,24)25;1-2/h6-10,14-15,17-18H,11-13H2,1-5H3;1-2H3. The number of benzene rings is 1. The summed E-state index contributed by atoms with van der Waals surface area (Å²) in [5, 5.41) is 0. The third-order valence-electron chi connectivity index (χ3n) is 5.96. The number of methoxy groups -OCH3 is 1. The minimum atomic E-state index is -4.61. The number of piperazine rings is 1. The molecule has 0 spiro atoms. The number of amides is 1. The average molecular weight is 633 g/mol. The molecule has 1 fully saturated rings. The van der Waals surface area contributed by atoms with Gasteiger partial charge in [0.25, 0.3) is 0 Å². The summed E-state index contributed by atoms with van der Waals surface area (Å²) < 4.78 is 52.2. The van der Waals surface area contributed by atoms with E-state index in [4.69, 9.17) is 8.92 Å². The lowest BCUT2D eigenvalue weighted by Crippen LogP contribution is -2.64. The molecule has 2 rings (SSSR count). The summed E-state index contributed by atoms with van der Waals surface area (Å²) in [5.41, 5.74) is -1.75. The van der Waals surface area contributed by atoms with Gasteiger partial charge in [-0.05, 0) is 19.4 Å². The van der Waals surface area contributed by atoms with Gasteiger partial charge in [-0.15, -0.1) is 0 Å². The van der Waals surface area contributed by atoms with Crippen LogP contribution in [-0.4, -0.2) is 65.7 Å². The molecule has 0 saturated carbocycles. The van der Waals surface area contributed by atoms with Crippen molar-refractivity contribution >= 4 is 42.3 Å². The zero-order valence-electron chi connectivity index (χ0n) is 21.3. The summed E-state index contributed by atoms with van der Waals surface area (Å²) in [6.45, 7) is 10.7. The molecule has 0 radical (unpaired) electrons. The minimum Gasteiger partial charge on any atom is -0.467 e. The van der Waals surface area contributed by atoms with Crippen LogP contribution in [0, 0.1) is 5.92 Å². The topological polar surface area (TPSA) is 59.1 Å². The van der Waals surface area contributed by atoms with Gasteiger partial charge in [0.15, 0.2) is 5.60 Å². The Hall–Kier alpha value is -1.05. The highest BCUT2D eigenvalue weighted by atomic mass is 127. The van der Waals surface area contributed by atoms with Crippen LogP contribution in [0.3, 0.4) is 0 Å². The molecule has 35 heavy (non-hydrogen) atoms. The molecule has 1 aromatic carbocycles. The number of ether oxygens (including phenoxy) is 1. The van der Waals surface area contributed by atoms with Crippen molar-refractivity contribution in [3.8, 4) is 0 Å². The first-order valence-electron chi connectivity index (χ1n) is 11.6. The molecule has 1 saturated heterocycles. The fraction of sp³-hybridized carbons (Fsp3) is 0.667. The molecule has 1 aliphatic heterocycles. The molecule has 4 unspecified atom stereocenters. The van der Waals surface area contributed by atoms with Crippen LogP contribution in [0.4, 0.5) is 13.2 Å². The first-order valence-corrected chi connectivity index (χ1v) is 14.9. The maximum absolute atomic E-state index is 14.0. The van der Waals surface area contributed by atoms with Gasteiger partial charge >= 0.3 is 12.1 Å². The third kappa shape index (κ3) is 7.96. The highest BCUT2D eigenvalue weighted by Crippen LogP contribution is 2.45. The summed E-state index contributed by atoms with van der Waals surface area (Å²) in [5.74, 6) is -1.12. The SMILES string of the molecule is CC.COC(=O)C1CN(C(CC(C)(OSI)C(F)(F)F)c2ccccc2)CC(C)N1C(=O)C(C)C. The predicted octanol–water partition coefficient (Wildman–Crippen LogP) is 6.21. The van der Waals surface area contributed by atoms with Crippen LogP contribution in [-0.2, 0) is 18.5 Å². The number of nitrogens with zero attached hydrogens (tertiary/aromatic N) is 2. The zero-order valence-corrected chi connectivity index (χ0v) is 24.2. The van der Waals surface area contributed by atoms with Crippen LogP contribution in [0.5, 0.6) is 0 Å². The van der Waals surface area contributed by atoms with Crippen LogP contribution in [0.1, 0.15) is 59.6 Å². The smallest absolute Gasteiger partial charge is 0.418 e. The van der Waals surface area contributed by atoms with Crippen molar-refractivity contribution in [1.29, 1.82) is 0 Å². The molecule has 0 aromatic heterocycles. The molecule has 0 bridgehead atoms. The maximum Gasteiger partial charge on any atom is 0.418 e. The Morgan fingerprint density at radius 2 is 1.74 bits per heavy atom. The van der Waals surface area contributed by atoms with Crippen LogP contribution in [0.2, 0.25) is 0 Å². The Labute approximate surface area is 223 Å². The Kier molecular flexibility index (Phi) is 12.8. The number of hydrogen-bond donors (Lipinski definition) is 0. The fourth-order valence-electron chi connectivity index (χ4n) is 4.14. The molecular weight excluding hydrogens is 596 g/mol. The summed E-state index contributed by atoms with van der Waals surface area (Å²) in [7, 11) is 1.88. The first kappa shape index (κ1) is 32.0. The largest absolute Gasteiger partial charge is 0.467 e. The van der Waals surface area contributed by atoms with Gasteiger partial charge in [-0.3, -0.25) is 13.9 Å². The number of carbonyl (C=O) groups is 2. The zero-order chi connectivity index (χ0) is 27.0. The second-order valence-corrected chi connectivity index (χ2v) is 10.1. The van der Waals surface area contributed by atoms with Gasteiger partial charge in [-0.25, -0.2) is 4.79 Å². The van der Waals surface area contributed by atoms with Gasteiger partial charge in [0.2, 0.25) is 5.91 Å². The number of esters is 1. The van der Waals surface area contributed by atoms with Crippen LogP contribution >= 0.6 is 30.4 Å². The monoisotopic (exact) mass is 632 g/mol. The molecule has 1 aliphatic rings. The Morgan fingerprint density at radius 1 is 1.17 bits per heavy atom. The molecule has 11 heteroatoms. The number of hydrogen-bond acceptors (Lipinski definition) is 6. The first-order chi connectivity index (χ1) is 16.4. The summed E-state index contributed by atoms with van der Waals surface area (Å²) in [6.07, 6.45) is -4.99. The van der Waals surface area contributed by atoms with Gasteiger partial charge in [0.05, 0.1) is 16.3 Å². The fourth-order valence-corrected chi connectivity index (χ4v) is 5.63. The van der Waals surface area contributed by atoms with E-state index in [1.807, 2.05) is 18.7 Å². The second-order valence-electron chi connectivity index (χ2n) is 8.75. The minimum absolute atomic E-state index is 0.0559. The van der Waals surface area contributed by atoms with Crippen molar-refractivity contribution in [3.05, 3.63) is 35.9 Å². The van der Waals surface area contributed by atoms with Crippen molar-refractivity contribution in [2.24, 2.45) is 5.92 Å². The number of rotatable bonds is 8. The summed E-state index contributed by atoms with van der Waals surface area (Å²) >= 11 is 1.68. The third-order valence-corrected chi connectivity index (χ3v) is 6.93. The molecule has 6 nitrogen and oxygen atoms in total. The quantitative estimate of drug-likeness (QED) is 0.193. The van der Waals surface area contributed by atoms with E-state index in [1.165, 1.54) is 12.0 Å². The van der Waals surface area contributed by atoms with E-state index in [2.05, 4.69) is 0 Å². The molecule has 1 aromatic rings. The lowest BCUT2D eigenvalue weighted by atomic mass is 9.89. The Bertz CT molecular complexity index is 816. The molecule has 0 aliphatic carbocycles. The van der Waals surface area contributed by atoms with Gasteiger partial charge in [-0.1, -0.05) is 58.0 Å². The number of halogens is 4. The molecule has 1 amide bonds. The molecule has 200 valence electrons. The van der Waals surface area contributed by atoms with Crippen LogP contribution < -0.4 is 0 Å². The van der Waals surface area contributed by atoms with Crippen LogP contribution in [0.25, 0.3) is 0 Å². The van der Waals surface area contributed by atoms with E-state index >= 15 is 0 Å². The predicted molar refractivity (Wildman–Crippen MR) is 141 cm³/mol. The maximum atomic E-state index is 14.0. The van der Waals surface area contributed by atoms with Gasteiger partial charge in [0.1, 0.15) is 6.04 Å². The molecular formula is C24H36F3IN2O4S. The van der Waals surface area contributed by atoms with Crippen LogP contribution in [0.15, 0.2) is 30.3 Å². The second kappa shape index (κ2) is 14.0. The molecule has 1 heterocycles. The normalized spacial score (nSPS) is 21.5. The van der Waals surface area contributed by atoms with E-state index in [1.54, 1.807) is 72.3 Å². The lowest BCUT2D eigenvalue weighted by molar-refractivity contribution is -0.244. The van der Waals surface area contributed by atoms with Crippen molar-refractivity contribution < 1.29 is 31.7 Å². The lowest BCUT2D eigenvalue weighted by Gasteiger charge is -2.48. The number of carbonyl (C=O) groups excluding carboxylic acids is 2. The van der Waals surface area contributed by atoms with Gasteiger partial charge < -0.3 is 9.64 Å². The van der Waals surface area contributed by atoms with E-state index in [-0.39, 0.29) is 24.8 Å². The van der Waals surface area contributed by atoms with Crippen molar-refractivity contribution in [1.82, 2.24) is 9.80 Å². The van der Waals surface area contributed by atoms with E-state index in [0.29, 0.717) is 21.3 Å².